The summed E-state index contributed by atoms with van der Waals surface area (Å²) in [7, 11) is 0. The van der Waals surface area contributed by atoms with Crippen LogP contribution in [0.3, 0.4) is 0 Å². The van der Waals surface area contributed by atoms with Crippen molar-refractivity contribution >= 4 is 23.7 Å². The lowest BCUT2D eigenvalue weighted by molar-refractivity contribution is -0.142. The van der Waals surface area contributed by atoms with Gasteiger partial charge in [-0.1, -0.05) is 70.9 Å². The molecule has 8 N–H and O–H groups in total. The molecule has 5 unspecified atom stereocenters. The van der Waals surface area contributed by atoms with E-state index in [-0.39, 0.29) is 18.3 Å². The van der Waals surface area contributed by atoms with Crippen LogP contribution in [-0.2, 0) is 25.6 Å². The summed E-state index contributed by atoms with van der Waals surface area (Å²) in [5.74, 6) is -2.86. The number of carboxylic acids is 1. The van der Waals surface area contributed by atoms with E-state index in [1.807, 2.05) is 33.8 Å². The summed E-state index contributed by atoms with van der Waals surface area (Å²) in [5, 5.41) is 17.8. The topological polar surface area (TPSA) is 177 Å². The first-order valence-corrected chi connectivity index (χ1v) is 13.1. The maximum atomic E-state index is 13.3. The van der Waals surface area contributed by atoms with Crippen LogP contribution in [-0.4, -0.2) is 59.5 Å². The minimum absolute atomic E-state index is 0.0426. The van der Waals surface area contributed by atoms with E-state index >= 15 is 0 Å². The molecule has 0 bridgehead atoms. The lowest BCUT2D eigenvalue weighted by Crippen LogP contribution is -2.59. The summed E-state index contributed by atoms with van der Waals surface area (Å²) in [5.41, 5.74) is 12.3. The summed E-state index contributed by atoms with van der Waals surface area (Å²) in [4.78, 5) is 51.0. The normalized spacial score (nSPS) is 15.2. The van der Waals surface area contributed by atoms with E-state index in [1.165, 1.54) is 0 Å². The Kier molecular flexibility index (Phi) is 14.5. The first kappa shape index (κ1) is 32.0. The first-order chi connectivity index (χ1) is 17.5. The van der Waals surface area contributed by atoms with Crippen LogP contribution >= 0.6 is 0 Å². The number of nitrogens with two attached hydrogens (primary N) is 2. The molecule has 5 atom stereocenters. The molecule has 0 aliphatic carbocycles. The number of hydrogen-bond donors (Lipinski definition) is 6. The molecule has 0 saturated heterocycles. The van der Waals surface area contributed by atoms with Gasteiger partial charge in [-0.3, -0.25) is 14.4 Å². The van der Waals surface area contributed by atoms with Crippen LogP contribution in [0.1, 0.15) is 65.4 Å². The van der Waals surface area contributed by atoms with Crippen molar-refractivity contribution in [2.75, 3.05) is 6.54 Å². The molecule has 1 aromatic rings. The molecule has 0 fully saturated rings. The van der Waals surface area contributed by atoms with Gasteiger partial charge in [-0.2, -0.15) is 0 Å². The summed E-state index contributed by atoms with van der Waals surface area (Å²) in [6.45, 7) is 8.05. The molecule has 0 saturated carbocycles. The zero-order valence-electron chi connectivity index (χ0n) is 22.5. The fraction of sp³-hybridized carbons (Fsp3) is 0.630. The monoisotopic (exact) mass is 519 g/mol. The predicted molar refractivity (Wildman–Crippen MR) is 143 cm³/mol. The van der Waals surface area contributed by atoms with Crippen molar-refractivity contribution in [3.05, 3.63) is 35.9 Å². The largest absolute Gasteiger partial charge is 0.480 e. The van der Waals surface area contributed by atoms with Crippen molar-refractivity contribution in [1.29, 1.82) is 0 Å². The van der Waals surface area contributed by atoms with Crippen molar-refractivity contribution in [2.24, 2.45) is 23.3 Å². The molecule has 0 heterocycles. The smallest absolute Gasteiger partial charge is 0.326 e. The van der Waals surface area contributed by atoms with Crippen molar-refractivity contribution in [3.8, 4) is 0 Å². The van der Waals surface area contributed by atoms with Crippen LogP contribution in [0.25, 0.3) is 0 Å². The van der Waals surface area contributed by atoms with Crippen molar-refractivity contribution in [2.45, 2.75) is 90.4 Å². The van der Waals surface area contributed by atoms with Gasteiger partial charge in [0.2, 0.25) is 17.7 Å². The Morgan fingerprint density at radius 3 is 2.05 bits per heavy atom. The van der Waals surface area contributed by atoms with Crippen LogP contribution in [0.2, 0.25) is 0 Å². The molecular weight excluding hydrogens is 474 g/mol. The average molecular weight is 520 g/mol. The molecule has 1 aromatic carbocycles. The second-order valence-corrected chi connectivity index (χ2v) is 10.0. The van der Waals surface area contributed by atoms with E-state index in [1.54, 1.807) is 24.3 Å². The van der Waals surface area contributed by atoms with E-state index < -0.39 is 47.9 Å². The number of carboxylic acid groups (broad SMARTS) is 1. The van der Waals surface area contributed by atoms with E-state index in [9.17, 15) is 24.3 Å². The van der Waals surface area contributed by atoms with Gasteiger partial charge in [0, 0.05) is 6.42 Å². The van der Waals surface area contributed by atoms with Crippen molar-refractivity contribution < 1.29 is 24.3 Å². The Morgan fingerprint density at radius 2 is 1.51 bits per heavy atom. The first-order valence-electron chi connectivity index (χ1n) is 13.1. The molecule has 10 nitrogen and oxygen atoms in total. The molecule has 3 amide bonds. The second kappa shape index (κ2) is 16.7. The van der Waals surface area contributed by atoms with Gasteiger partial charge >= 0.3 is 5.97 Å². The highest BCUT2D eigenvalue weighted by atomic mass is 16.4. The summed E-state index contributed by atoms with van der Waals surface area (Å²) in [6, 6.07) is 5.22. The van der Waals surface area contributed by atoms with Gasteiger partial charge in [0.1, 0.15) is 18.1 Å². The number of rotatable bonds is 17. The highest BCUT2D eigenvalue weighted by Gasteiger charge is 2.32. The van der Waals surface area contributed by atoms with E-state index in [0.717, 1.165) is 12.0 Å². The van der Waals surface area contributed by atoms with Gasteiger partial charge in [-0.15, -0.1) is 0 Å². The lowest BCUT2D eigenvalue weighted by atomic mass is 9.96. The maximum Gasteiger partial charge on any atom is 0.326 e. The third kappa shape index (κ3) is 11.7. The maximum absolute atomic E-state index is 13.3. The summed E-state index contributed by atoms with van der Waals surface area (Å²) in [6.07, 6.45) is 2.93. The summed E-state index contributed by atoms with van der Waals surface area (Å²) >= 11 is 0. The number of amides is 3. The minimum atomic E-state index is -1.17. The molecule has 0 aliphatic heterocycles. The third-order valence-corrected chi connectivity index (χ3v) is 6.34. The Labute approximate surface area is 220 Å². The molecule has 1 rings (SSSR count). The number of carbonyl (C=O) groups is 4. The molecule has 37 heavy (non-hydrogen) atoms. The standard InChI is InChI=1S/C27H45N5O5/c1-5-18(4)23(32-24(33)20(29)13-9-10-14-28)26(35)30-21(15-17(2)3)25(34)31-22(27(36)37)16-19-11-7-6-8-12-19/h6-8,11-12,17-18,20-23H,5,9-10,13-16,28-29H2,1-4H3,(H,30,35)(H,31,34)(H,32,33)(H,36,37). The number of unbranched alkanes of at least 4 members (excludes halogenated alkanes) is 1. The van der Waals surface area contributed by atoms with Crippen molar-refractivity contribution in [1.82, 2.24) is 16.0 Å². The Hall–Kier alpha value is -2.98. The van der Waals surface area contributed by atoms with Gasteiger partial charge in [0.05, 0.1) is 6.04 Å². The zero-order valence-corrected chi connectivity index (χ0v) is 22.5. The van der Waals surface area contributed by atoms with Crippen molar-refractivity contribution in [3.63, 3.8) is 0 Å². The highest BCUT2D eigenvalue weighted by Crippen LogP contribution is 2.12. The van der Waals surface area contributed by atoms with Gasteiger partial charge in [-0.25, -0.2) is 4.79 Å². The van der Waals surface area contributed by atoms with Gasteiger partial charge < -0.3 is 32.5 Å². The van der Waals surface area contributed by atoms with Crippen LogP contribution in [0.5, 0.6) is 0 Å². The molecule has 0 radical (unpaired) electrons. The van der Waals surface area contributed by atoms with Gasteiger partial charge in [0.15, 0.2) is 0 Å². The molecule has 208 valence electrons. The van der Waals surface area contributed by atoms with Crippen LogP contribution in [0.15, 0.2) is 30.3 Å². The molecule has 0 spiro atoms. The van der Waals surface area contributed by atoms with Crippen LogP contribution in [0.4, 0.5) is 0 Å². The Morgan fingerprint density at radius 1 is 0.892 bits per heavy atom. The fourth-order valence-electron chi connectivity index (χ4n) is 3.89. The molecule has 0 aromatic heterocycles. The molecule has 10 heteroatoms. The third-order valence-electron chi connectivity index (χ3n) is 6.34. The predicted octanol–water partition coefficient (Wildman–Crippen LogP) is 1.32. The Balaban J connectivity index is 2.98. The number of hydrogen-bond acceptors (Lipinski definition) is 6. The second-order valence-electron chi connectivity index (χ2n) is 10.0. The quantitative estimate of drug-likeness (QED) is 0.168. The molecular formula is C27H45N5O5. The van der Waals surface area contributed by atoms with Gasteiger partial charge in [-0.05, 0) is 43.2 Å². The SMILES string of the molecule is CCC(C)C(NC(=O)C(N)CCCCN)C(=O)NC(CC(C)C)C(=O)NC(Cc1ccccc1)C(=O)O. The number of carbonyl (C=O) groups excluding carboxylic acids is 3. The number of aliphatic carboxylic acids is 1. The van der Waals surface area contributed by atoms with Gasteiger partial charge in [0.25, 0.3) is 0 Å². The summed E-state index contributed by atoms with van der Waals surface area (Å²) < 4.78 is 0. The lowest BCUT2D eigenvalue weighted by Gasteiger charge is -2.28. The zero-order chi connectivity index (χ0) is 28.0. The minimum Gasteiger partial charge on any atom is -0.480 e. The van der Waals surface area contributed by atoms with Crippen LogP contribution < -0.4 is 27.4 Å². The average Bonchev–Trinajstić information content (AvgIpc) is 2.85. The van der Waals surface area contributed by atoms with E-state index in [4.69, 9.17) is 11.5 Å². The molecule has 0 aliphatic rings. The van der Waals surface area contributed by atoms with Crippen LogP contribution in [0, 0.1) is 11.8 Å². The Bertz CT molecular complexity index is 864. The van der Waals surface area contributed by atoms with E-state index in [2.05, 4.69) is 16.0 Å². The number of nitrogens with one attached hydrogen (secondary N) is 3. The number of benzene rings is 1. The highest BCUT2D eigenvalue weighted by molar-refractivity contribution is 5.94. The fourth-order valence-corrected chi connectivity index (χ4v) is 3.89. The van der Waals surface area contributed by atoms with E-state index in [0.29, 0.717) is 32.2 Å².